The van der Waals surface area contributed by atoms with Crippen molar-refractivity contribution < 1.29 is 9.53 Å². The number of carbonyl (C=O) groups is 1. The fourth-order valence-electron chi connectivity index (χ4n) is 2.24. The number of benzene rings is 1. The average Bonchev–Trinajstić information content (AvgIpc) is 2.58. The van der Waals surface area contributed by atoms with Crippen LogP contribution >= 0.6 is 10.0 Å². The zero-order valence-electron chi connectivity index (χ0n) is 12.2. The van der Waals surface area contributed by atoms with Crippen molar-refractivity contribution in [3.8, 4) is 0 Å². The maximum Gasteiger partial charge on any atom is 0.408 e. The Balaban J connectivity index is 1.82. The minimum Gasteiger partial charge on any atom is -0.441 e. The lowest BCUT2D eigenvalue weighted by molar-refractivity contribution is 0.128. The Hall–Kier alpha value is -1.42. The van der Waals surface area contributed by atoms with Gasteiger partial charge in [0, 0.05) is 12.3 Å². The molecule has 110 valence electrons. The normalized spacial score (nSPS) is 22.6. The van der Waals surface area contributed by atoms with Crippen LogP contribution in [0.5, 0.6) is 0 Å². The SMILES string of the molecule is CS1(C)CCC=C[C@H](OC(=O)NCc2ccccc2)C1. The minimum atomic E-state index is -0.649. The van der Waals surface area contributed by atoms with Crippen molar-refractivity contribution in [2.24, 2.45) is 0 Å². The molecule has 1 aliphatic rings. The van der Waals surface area contributed by atoms with Crippen LogP contribution in [-0.2, 0) is 11.3 Å². The van der Waals surface area contributed by atoms with E-state index in [4.69, 9.17) is 4.74 Å². The van der Waals surface area contributed by atoms with Crippen molar-refractivity contribution in [2.45, 2.75) is 19.1 Å². The number of carbonyl (C=O) groups excluding carboxylic acids is 1. The summed E-state index contributed by atoms with van der Waals surface area (Å²) in [5.41, 5.74) is 1.08. The van der Waals surface area contributed by atoms with Crippen LogP contribution in [0.4, 0.5) is 4.79 Å². The lowest BCUT2D eigenvalue weighted by Gasteiger charge is -2.31. The van der Waals surface area contributed by atoms with Gasteiger partial charge < -0.3 is 10.1 Å². The lowest BCUT2D eigenvalue weighted by Crippen LogP contribution is -2.30. The van der Waals surface area contributed by atoms with Crippen LogP contribution in [-0.4, -0.2) is 36.2 Å². The topological polar surface area (TPSA) is 38.3 Å². The second kappa shape index (κ2) is 6.84. The second-order valence-corrected chi connectivity index (χ2v) is 9.91. The van der Waals surface area contributed by atoms with Crippen LogP contribution in [0, 0.1) is 0 Å². The first-order chi connectivity index (χ1) is 9.55. The third-order valence-electron chi connectivity index (χ3n) is 3.34. The van der Waals surface area contributed by atoms with Crippen molar-refractivity contribution in [1.29, 1.82) is 0 Å². The first-order valence-electron chi connectivity index (χ1n) is 6.89. The molecule has 0 saturated heterocycles. The van der Waals surface area contributed by atoms with Gasteiger partial charge in [-0.05, 0) is 36.3 Å². The Morgan fingerprint density at radius 3 is 2.85 bits per heavy atom. The van der Waals surface area contributed by atoms with E-state index in [1.165, 1.54) is 5.75 Å². The summed E-state index contributed by atoms with van der Waals surface area (Å²) in [7, 11) is -0.649. The molecular weight excluding hydrogens is 270 g/mol. The molecule has 0 saturated carbocycles. The molecule has 1 aromatic rings. The Kier molecular flexibility index (Phi) is 5.12. The summed E-state index contributed by atoms with van der Waals surface area (Å²) in [6.07, 6.45) is 9.45. The van der Waals surface area contributed by atoms with Gasteiger partial charge in [0.15, 0.2) is 0 Å². The van der Waals surface area contributed by atoms with Crippen molar-refractivity contribution >= 4 is 16.1 Å². The molecule has 1 aromatic carbocycles. The summed E-state index contributed by atoms with van der Waals surface area (Å²) < 4.78 is 5.51. The van der Waals surface area contributed by atoms with Crippen LogP contribution < -0.4 is 5.32 Å². The summed E-state index contributed by atoms with van der Waals surface area (Å²) >= 11 is 0. The van der Waals surface area contributed by atoms with Crippen LogP contribution in [0.1, 0.15) is 12.0 Å². The number of alkyl carbamates (subject to hydrolysis) is 1. The number of hydrogen-bond acceptors (Lipinski definition) is 2. The summed E-state index contributed by atoms with van der Waals surface area (Å²) in [6, 6.07) is 9.85. The minimum absolute atomic E-state index is 0.0849. The number of rotatable bonds is 3. The monoisotopic (exact) mass is 293 g/mol. The summed E-state index contributed by atoms with van der Waals surface area (Å²) in [5, 5.41) is 2.81. The number of allylic oxidation sites excluding steroid dienone is 1. The maximum absolute atomic E-state index is 11.8. The van der Waals surface area contributed by atoms with E-state index in [0.717, 1.165) is 17.7 Å². The molecule has 3 nitrogen and oxygen atoms in total. The molecule has 1 amide bonds. The number of ether oxygens (including phenoxy) is 1. The van der Waals surface area contributed by atoms with Crippen molar-refractivity contribution in [3.05, 3.63) is 48.0 Å². The molecule has 20 heavy (non-hydrogen) atoms. The number of hydrogen-bond donors (Lipinski definition) is 1. The van der Waals surface area contributed by atoms with Crippen molar-refractivity contribution in [1.82, 2.24) is 5.32 Å². The molecule has 0 spiro atoms. The Bertz CT molecular complexity index is 471. The van der Waals surface area contributed by atoms with E-state index in [0.29, 0.717) is 6.54 Å². The van der Waals surface area contributed by atoms with Gasteiger partial charge in [0.05, 0.1) is 0 Å². The molecule has 0 radical (unpaired) electrons. The van der Waals surface area contributed by atoms with Gasteiger partial charge in [-0.1, -0.05) is 36.4 Å². The molecule has 0 fully saturated rings. The molecule has 1 aliphatic heterocycles. The van der Waals surface area contributed by atoms with E-state index in [1.807, 2.05) is 36.4 Å². The first-order valence-corrected chi connectivity index (χ1v) is 9.68. The standard InChI is InChI=1S/C16H23NO2S/c1-20(2)11-7-6-10-15(13-20)19-16(18)17-12-14-8-4-3-5-9-14/h3-6,8-10,15H,7,11-13H2,1-2H3,(H,17,18)/t15-/m0/s1. The fraction of sp³-hybridized carbons (Fsp3) is 0.438. The highest BCUT2D eigenvalue weighted by Crippen LogP contribution is 2.43. The Morgan fingerprint density at radius 1 is 1.35 bits per heavy atom. The molecule has 0 aromatic heterocycles. The third kappa shape index (κ3) is 4.93. The van der Waals surface area contributed by atoms with Crippen LogP contribution in [0.2, 0.25) is 0 Å². The summed E-state index contributed by atoms with van der Waals surface area (Å²) in [6.45, 7) is 0.506. The van der Waals surface area contributed by atoms with Gasteiger partial charge in [-0.2, -0.15) is 0 Å². The zero-order valence-corrected chi connectivity index (χ0v) is 13.0. The average molecular weight is 293 g/mol. The van der Waals surface area contributed by atoms with E-state index >= 15 is 0 Å². The van der Waals surface area contributed by atoms with Crippen molar-refractivity contribution in [3.63, 3.8) is 0 Å². The van der Waals surface area contributed by atoms with Crippen molar-refractivity contribution in [2.75, 3.05) is 24.0 Å². The smallest absolute Gasteiger partial charge is 0.408 e. The van der Waals surface area contributed by atoms with Crippen LogP contribution in [0.15, 0.2) is 42.5 Å². The van der Waals surface area contributed by atoms with Gasteiger partial charge in [0.1, 0.15) is 6.10 Å². The molecule has 1 heterocycles. The van der Waals surface area contributed by atoms with E-state index in [2.05, 4.69) is 23.9 Å². The molecule has 2 rings (SSSR count). The lowest BCUT2D eigenvalue weighted by atomic mass is 10.2. The van der Waals surface area contributed by atoms with E-state index in [-0.39, 0.29) is 12.2 Å². The van der Waals surface area contributed by atoms with E-state index in [1.54, 1.807) is 0 Å². The molecule has 1 atom stereocenters. The molecule has 0 unspecified atom stereocenters. The molecule has 4 heteroatoms. The largest absolute Gasteiger partial charge is 0.441 e. The molecular formula is C16H23NO2S. The second-order valence-electron chi connectivity index (χ2n) is 5.64. The predicted octanol–water partition coefficient (Wildman–Crippen LogP) is 3.31. The van der Waals surface area contributed by atoms with Gasteiger partial charge in [-0.15, -0.1) is 0 Å². The zero-order chi connectivity index (χ0) is 14.4. The molecule has 0 bridgehead atoms. The number of nitrogens with one attached hydrogen (secondary N) is 1. The van der Waals surface area contributed by atoms with Gasteiger partial charge >= 0.3 is 6.09 Å². The quantitative estimate of drug-likeness (QED) is 0.868. The van der Waals surface area contributed by atoms with Gasteiger partial charge in [0.25, 0.3) is 0 Å². The summed E-state index contributed by atoms with van der Waals surface area (Å²) in [4.78, 5) is 11.8. The third-order valence-corrected chi connectivity index (χ3v) is 5.91. The fourth-order valence-corrected chi connectivity index (χ4v) is 4.25. The molecule has 0 aliphatic carbocycles. The highest BCUT2D eigenvalue weighted by molar-refractivity contribution is 8.32. The first kappa shape index (κ1) is 15.0. The predicted molar refractivity (Wildman–Crippen MR) is 86.5 cm³/mol. The van der Waals surface area contributed by atoms with Crippen LogP contribution in [0.3, 0.4) is 0 Å². The van der Waals surface area contributed by atoms with Crippen LogP contribution in [0.25, 0.3) is 0 Å². The van der Waals surface area contributed by atoms with Gasteiger partial charge in [-0.3, -0.25) is 0 Å². The van der Waals surface area contributed by atoms with Gasteiger partial charge in [-0.25, -0.2) is 14.8 Å². The maximum atomic E-state index is 11.8. The number of amides is 1. The summed E-state index contributed by atoms with van der Waals surface area (Å²) in [5.74, 6) is 2.18. The Labute approximate surface area is 122 Å². The highest BCUT2D eigenvalue weighted by Gasteiger charge is 2.22. The highest BCUT2D eigenvalue weighted by atomic mass is 32.3. The van der Waals surface area contributed by atoms with E-state index < -0.39 is 10.0 Å². The van der Waals surface area contributed by atoms with E-state index in [9.17, 15) is 4.79 Å². The Morgan fingerprint density at radius 2 is 2.10 bits per heavy atom. The van der Waals surface area contributed by atoms with Gasteiger partial charge in [0.2, 0.25) is 0 Å². The molecule has 1 N–H and O–H groups in total.